The third-order valence-electron chi connectivity index (χ3n) is 3.20. The highest BCUT2D eigenvalue weighted by molar-refractivity contribution is 5.41. The zero-order valence-corrected chi connectivity index (χ0v) is 10.7. The summed E-state index contributed by atoms with van der Waals surface area (Å²) >= 11 is 0. The first-order chi connectivity index (χ1) is 9.28. The Bertz CT molecular complexity index is 567. The summed E-state index contributed by atoms with van der Waals surface area (Å²) in [5.41, 5.74) is 0.745. The molecule has 1 aliphatic rings. The molecule has 2 aromatic rings. The molecule has 1 aliphatic heterocycles. The van der Waals surface area contributed by atoms with Crippen LogP contribution in [0.3, 0.4) is 0 Å². The minimum atomic E-state index is -0.742. The molecule has 0 aliphatic carbocycles. The Morgan fingerprint density at radius 2 is 2.21 bits per heavy atom. The first kappa shape index (κ1) is 12.0. The lowest BCUT2D eigenvalue weighted by Gasteiger charge is -2.29. The molecule has 3 rings (SSSR count). The molecule has 0 fully saturated rings. The maximum atomic E-state index is 10.3. The molecule has 2 atom stereocenters. The summed E-state index contributed by atoms with van der Waals surface area (Å²) in [6.07, 6.45) is 2.34. The van der Waals surface area contributed by atoms with Gasteiger partial charge in [-0.15, -0.1) is 0 Å². The number of para-hydroxylation sites is 2. The number of aliphatic hydroxyl groups is 1. The van der Waals surface area contributed by atoms with Crippen LogP contribution < -0.4 is 9.47 Å². The number of aliphatic hydroxyl groups excluding tert-OH is 1. The van der Waals surface area contributed by atoms with Crippen molar-refractivity contribution >= 4 is 0 Å². The van der Waals surface area contributed by atoms with E-state index in [1.54, 1.807) is 10.9 Å². The fourth-order valence-electron chi connectivity index (χ4n) is 2.11. The SMILES string of the molecule is CCn1cc(C(O)C2COc3ccccc3O2)cn1. The molecule has 2 unspecified atom stereocenters. The lowest BCUT2D eigenvalue weighted by atomic mass is 10.1. The van der Waals surface area contributed by atoms with Crippen molar-refractivity contribution in [3.8, 4) is 11.5 Å². The van der Waals surface area contributed by atoms with Crippen molar-refractivity contribution in [3.05, 3.63) is 42.2 Å². The van der Waals surface area contributed by atoms with Crippen LogP contribution in [0, 0.1) is 0 Å². The second kappa shape index (κ2) is 4.93. The van der Waals surface area contributed by atoms with Gasteiger partial charge < -0.3 is 14.6 Å². The van der Waals surface area contributed by atoms with Gasteiger partial charge in [0.25, 0.3) is 0 Å². The van der Waals surface area contributed by atoms with Gasteiger partial charge in [-0.05, 0) is 19.1 Å². The summed E-state index contributed by atoms with van der Waals surface area (Å²) in [7, 11) is 0. The van der Waals surface area contributed by atoms with Crippen molar-refractivity contribution in [2.75, 3.05) is 6.61 Å². The van der Waals surface area contributed by atoms with E-state index < -0.39 is 12.2 Å². The van der Waals surface area contributed by atoms with E-state index in [0.29, 0.717) is 12.4 Å². The van der Waals surface area contributed by atoms with Gasteiger partial charge in [0.15, 0.2) is 17.6 Å². The van der Waals surface area contributed by atoms with Gasteiger partial charge in [0.1, 0.15) is 12.7 Å². The lowest BCUT2D eigenvalue weighted by Crippen LogP contribution is -2.34. The maximum absolute atomic E-state index is 10.3. The van der Waals surface area contributed by atoms with Crippen LogP contribution in [-0.2, 0) is 6.54 Å². The summed E-state index contributed by atoms with van der Waals surface area (Å²) in [6, 6.07) is 7.47. The van der Waals surface area contributed by atoms with Crippen molar-refractivity contribution < 1.29 is 14.6 Å². The molecule has 5 heteroatoms. The van der Waals surface area contributed by atoms with Crippen LogP contribution in [0.15, 0.2) is 36.7 Å². The molecule has 0 saturated heterocycles. The zero-order valence-electron chi connectivity index (χ0n) is 10.7. The van der Waals surface area contributed by atoms with E-state index in [1.165, 1.54) is 0 Å². The van der Waals surface area contributed by atoms with Gasteiger partial charge in [-0.3, -0.25) is 4.68 Å². The highest BCUT2D eigenvalue weighted by Gasteiger charge is 2.29. The monoisotopic (exact) mass is 260 g/mol. The molecule has 0 bridgehead atoms. The molecular weight excluding hydrogens is 244 g/mol. The number of benzene rings is 1. The van der Waals surface area contributed by atoms with Gasteiger partial charge in [0, 0.05) is 18.3 Å². The molecule has 100 valence electrons. The van der Waals surface area contributed by atoms with Crippen LogP contribution in [0.4, 0.5) is 0 Å². The molecule has 5 nitrogen and oxygen atoms in total. The Kier molecular flexibility index (Phi) is 3.13. The first-order valence-electron chi connectivity index (χ1n) is 6.37. The molecule has 0 saturated carbocycles. The average molecular weight is 260 g/mol. The van der Waals surface area contributed by atoms with Crippen molar-refractivity contribution in [2.45, 2.75) is 25.7 Å². The summed E-state index contributed by atoms with van der Waals surface area (Å²) < 4.78 is 13.2. The van der Waals surface area contributed by atoms with Crippen molar-refractivity contribution in [1.82, 2.24) is 9.78 Å². The van der Waals surface area contributed by atoms with Gasteiger partial charge in [0.2, 0.25) is 0 Å². The number of nitrogens with zero attached hydrogens (tertiary/aromatic N) is 2. The highest BCUT2D eigenvalue weighted by atomic mass is 16.6. The first-order valence-corrected chi connectivity index (χ1v) is 6.37. The molecule has 1 aromatic carbocycles. The fourth-order valence-corrected chi connectivity index (χ4v) is 2.11. The van der Waals surface area contributed by atoms with E-state index >= 15 is 0 Å². The van der Waals surface area contributed by atoms with Crippen LogP contribution in [-0.4, -0.2) is 27.6 Å². The van der Waals surface area contributed by atoms with Crippen LogP contribution >= 0.6 is 0 Å². The normalized spacial score (nSPS) is 19.2. The predicted molar refractivity (Wildman–Crippen MR) is 69.2 cm³/mol. The zero-order chi connectivity index (χ0) is 13.2. The summed E-state index contributed by atoms with van der Waals surface area (Å²) in [5.74, 6) is 1.39. The minimum Gasteiger partial charge on any atom is -0.486 e. The summed E-state index contributed by atoms with van der Waals surface area (Å²) in [4.78, 5) is 0. The van der Waals surface area contributed by atoms with E-state index in [2.05, 4.69) is 5.10 Å². The maximum Gasteiger partial charge on any atom is 0.163 e. The minimum absolute atomic E-state index is 0.329. The Morgan fingerprint density at radius 3 is 2.95 bits per heavy atom. The van der Waals surface area contributed by atoms with Crippen molar-refractivity contribution in [3.63, 3.8) is 0 Å². The second-order valence-corrected chi connectivity index (χ2v) is 4.49. The third-order valence-corrected chi connectivity index (χ3v) is 3.20. The highest BCUT2D eigenvalue weighted by Crippen LogP contribution is 2.34. The predicted octanol–water partition coefficient (Wildman–Crippen LogP) is 1.78. The molecule has 1 aromatic heterocycles. The number of aromatic nitrogens is 2. The molecule has 0 spiro atoms. The smallest absolute Gasteiger partial charge is 0.163 e. The number of hydrogen-bond donors (Lipinski definition) is 1. The Balaban J connectivity index is 1.77. The van der Waals surface area contributed by atoms with E-state index in [9.17, 15) is 5.11 Å². The van der Waals surface area contributed by atoms with E-state index in [4.69, 9.17) is 9.47 Å². The third kappa shape index (κ3) is 2.29. The van der Waals surface area contributed by atoms with E-state index in [-0.39, 0.29) is 0 Å². The second-order valence-electron chi connectivity index (χ2n) is 4.49. The van der Waals surface area contributed by atoms with Crippen molar-refractivity contribution in [1.29, 1.82) is 0 Å². The molecule has 1 N–H and O–H groups in total. The van der Waals surface area contributed by atoms with E-state index in [0.717, 1.165) is 17.9 Å². The van der Waals surface area contributed by atoms with Crippen LogP contribution in [0.5, 0.6) is 11.5 Å². The van der Waals surface area contributed by atoms with Gasteiger partial charge in [0.05, 0.1) is 6.20 Å². The average Bonchev–Trinajstić information content (AvgIpc) is 2.95. The molecule has 19 heavy (non-hydrogen) atoms. The largest absolute Gasteiger partial charge is 0.486 e. The Hall–Kier alpha value is -2.01. The van der Waals surface area contributed by atoms with E-state index in [1.807, 2.05) is 37.4 Å². The number of aryl methyl sites for hydroxylation is 1. The lowest BCUT2D eigenvalue weighted by molar-refractivity contribution is -0.0113. The summed E-state index contributed by atoms with van der Waals surface area (Å²) in [6.45, 7) is 3.10. The number of fused-ring (bicyclic) bond motifs is 1. The van der Waals surface area contributed by atoms with Crippen molar-refractivity contribution in [2.24, 2.45) is 0 Å². The van der Waals surface area contributed by atoms with Gasteiger partial charge in [-0.25, -0.2) is 0 Å². The number of rotatable bonds is 3. The van der Waals surface area contributed by atoms with Crippen LogP contribution in [0.2, 0.25) is 0 Å². The van der Waals surface area contributed by atoms with Gasteiger partial charge in [-0.1, -0.05) is 12.1 Å². The molecule has 2 heterocycles. The fraction of sp³-hybridized carbons (Fsp3) is 0.357. The summed E-state index contributed by atoms with van der Waals surface area (Å²) in [5, 5.41) is 14.5. The Labute approximate surface area is 111 Å². The number of ether oxygens (including phenoxy) is 2. The van der Waals surface area contributed by atoms with Gasteiger partial charge >= 0.3 is 0 Å². The molecule has 0 amide bonds. The standard InChI is InChI=1S/C14H16N2O3/c1-2-16-8-10(7-15-16)14(17)13-9-18-11-5-3-4-6-12(11)19-13/h3-8,13-14,17H,2,9H2,1H3. The molecule has 0 radical (unpaired) electrons. The quantitative estimate of drug-likeness (QED) is 0.914. The van der Waals surface area contributed by atoms with Crippen LogP contribution in [0.25, 0.3) is 0 Å². The van der Waals surface area contributed by atoms with Gasteiger partial charge in [-0.2, -0.15) is 5.10 Å². The Morgan fingerprint density at radius 1 is 1.42 bits per heavy atom. The topological polar surface area (TPSA) is 56.5 Å². The molecular formula is C14H16N2O3. The number of hydrogen-bond acceptors (Lipinski definition) is 4. The van der Waals surface area contributed by atoms with Crippen LogP contribution in [0.1, 0.15) is 18.6 Å².